The molecule has 3 aromatic heterocycles. The Bertz CT molecular complexity index is 1420. The van der Waals surface area contributed by atoms with E-state index < -0.39 is 17.6 Å². The fraction of sp³-hybridized carbons (Fsp3) is 0.167. The largest absolute Gasteiger partial charge is 0.416 e. The molecule has 10 heteroatoms. The van der Waals surface area contributed by atoms with E-state index in [0.717, 1.165) is 6.07 Å². The van der Waals surface area contributed by atoms with Crippen molar-refractivity contribution < 1.29 is 18.0 Å². The molecule has 0 spiro atoms. The zero-order chi connectivity index (χ0) is 24.3. The number of anilines is 1. The van der Waals surface area contributed by atoms with Crippen LogP contribution in [0.1, 0.15) is 32.7 Å². The van der Waals surface area contributed by atoms with Gasteiger partial charge in [0.15, 0.2) is 5.65 Å². The number of hydrogen-bond donors (Lipinski definition) is 1. The molecule has 0 atom stereocenters. The third kappa shape index (κ3) is 5.22. The van der Waals surface area contributed by atoms with Crippen LogP contribution in [0.5, 0.6) is 0 Å². The molecule has 0 radical (unpaired) electrons. The quantitative estimate of drug-likeness (QED) is 0.465. The minimum atomic E-state index is -4.55. The molecule has 0 fully saturated rings. The summed E-state index contributed by atoms with van der Waals surface area (Å²) in [6, 6.07) is 8.81. The molecule has 34 heavy (non-hydrogen) atoms. The molecular formula is C24H19F3N6O. The number of benzene rings is 1. The van der Waals surface area contributed by atoms with Crippen molar-refractivity contribution in [3.8, 4) is 11.8 Å². The number of carbonyl (C=O) groups is 1. The maximum Gasteiger partial charge on any atom is 0.416 e. The molecule has 0 aliphatic rings. The minimum Gasteiger partial charge on any atom is -0.322 e. The first-order valence-electron chi connectivity index (χ1n) is 10.1. The Morgan fingerprint density at radius 1 is 1.12 bits per heavy atom. The zero-order valence-corrected chi connectivity index (χ0v) is 18.3. The van der Waals surface area contributed by atoms with Crippen molar-refractivity contribution >= 4 is 17.2 Å². The van der Waals surface area contributed by atoms with Gasteiger partial charge in [0.2, 0.25) is 0 Å². The molecule has 3 heterocycles. The van der Waals surface area contributed by atoms with Crippen LogP contribution in [0.2, 0.25) is 0 Å². The highest BCUT2D eigenvalue weighted by atomic mass is 19.4. The molecular weight excluding hydrogens is 445 g/mol. The maximum absolute atomic E-state index is 13.5. The lowest BCUT2D eigenvalue weighted by molar-refractivity contribution is -0.138. The van der Waals surface area contributed by atoms with Crippen molar-refractivity contribution in [2.45, 2.75) is 12.7 Å². The molecule has 1 amide bonds. The Morgan fingerprint density at radius 3 is 2.71 bits per heavy atom. The topological polar surface area (TPSA) is 75.4 Å². The number of rotatable bonds is 4. The molecule has 1 N–H and O–H groups in total. The molecule has 4 aromatic rings. The monoisotopic (exact) mass is 464 g/mol. The van der Waals surface area contributed by atoms with Crippen LogP contribution in [0.25, 0.3) is 5.65 Å². The Morgan fingerprint density at radius 2 is 1.94 bits per heavy atom. The summed E-state index contributed by atoms with van der Waals surface area (Å²) in [4.78, 5) is 22.6. The third-order valence-corrected chi connectivity index (χ3v) is 4.77. The van der Waals surface area contributed by atoms with E-state index >= 15 is 0 Å². The Kier molecular flexibility index (Phi) is 6.30. The second-order valence-electron chi connectivity index (χ2n) is 7.71. The van der Waals surface area contributed by atoms with E-state index in [4.69, 9.17) is 0 Å². The standard InChI is InChI=1S/C24H19F3N6O/c1-32(2)15-17-6-7-19(11-21(17)24(25,26)27)31-23(34)18-10-16(12-28-13-18)5-8-20-14-29-22-4-3-9-30-33(20)22/h3-4,6-7,9-14H,15H2,1-2H3,(H,31,34). The maximum atomic E-state index is 13.5. The number of nitrogens with zero attached hydrogens (tertiary/aromatic N) is 5. The molecule has 0 unspecified atom stereocenters. The molecule has 0 aliphatic carbocycles. The second-order valence-corrected chi connectivity index (χ2v) is 7.71. The summed E-state index contributed by atoms with van der Waals surface area (Å²) >= 11 is 0. The van der Waals surface area contributed by atoms with Crippen LogP contribution >= 0.6 is 0 Å². The van der Waals surface area contributed by atoms with Gasteiger partial charge in [-0.2, -0.15) is 18.3 Å². The Balaban J connectivity index is 1.55. The molecule has 0 bridgehead atoms. The van der Waals surface area contributed by atoms with Gasteiger partial charge in [0.1, 0.15) is 5.69 Å². The van der Waals surface area contributed by atoms with Gasteiger partial charge in [-0.1, -0.05) is 12.0 Å². The number of carbonyl (C=O) groups excluding carboxylic acids is 1. The number of nitrogens with one attached hydrogen (secondary N) is 1. The van der Waals surface area contributed by atoms with Gasteiger partial charge in [0.25, 0.3) is 5.91 Å². The molecule has 0 aliphatic heterocycles. The Labute approximate surface area is 193 Å². The lowest BCUT2D eigenvalue weighted by Crippen LogP contribution is -2.18. The molecule has 0 saturated carbocycles. The summed E-state index contributed by atoms with van der Waals surface area (Å²) in [5.74, 6) is 5.24. The number of fused-ring (bicyclic) bond motifs is 1. The van der Waals surface area contributed by atoms with Gasteiger partial charge in [0, 0.05) is 36.4 Å². The van der Waals surface area contributed by atoms with Crippen molar-refractivity contribution in [2.75, 3.05) is 19.4 Å². The molecule has 172 valence electrons. The first-order valence-corrected chi connectivity index (χ1v) is 10.1. The van der Waals surface area contributed by atoms with Crippen LogP contribution in [0.15, 0.2) is 61.2 Å². The van der Waals surface area contributed by atoms with E-state index in [1.807, 2.05) is 0 Å². The number of aromatic nitrogens is 4. The van der Waals surface area contributed by atoms with E-state index in [1.54, 1.807) is 48.0 Å². The molecule has 4 rings (SSSR count). The molecule has 1 aromatic carbocycles. The Hall–Kier alpha value is -4.23. The van der Waals surface area contributed by atoms with Gasteiger partial charge in [-0.15, -0.1) is 0 Å². The fourth-order valence-electron chi connectivity index (χ4n) is 3.28. The van der Waals surface area contributed by atoms with Gasteiger partial charge in [-0.3, -0.25) is 9.78 Å². The van der Waals surface area contributed by atoms with Crippen molar-refractivity contribution in [3.63, 3.8) is 0 Å². The predicted octanol–water partition coefficient (Wildman–Crippen LogP) is 3.86. The fourth-order valence-corrected chi connectivity index (χ4v) is 3.28. The summed E-state index contributed by atoms with van der Waals surface area (Å²) in [6.07, 6.45) is 1.45. The van der Waals surface area contributed by atoms with Gasteiger partial charge in [-0.25, -0.2) is 9.50 Å². The minimum absolute atomic E-state index is 0.0353. The van der Waals surface area contributed by atoms with Crippen LogP contribution in [0.3, 0.4) is 0 Å². The summed E-state index contributed by atoms with van der Waals surface area (Å²) in [5, 5.41) is 6.69. The van der Waals surface area contributed by atoms with Crippen molar-refractivity contribution in [1.82, 2.24) is 24.5 Å². The smallest absolute Gasteiger partial charge is 0.322 e. The summed E-state index contributed by atoms with van der Waals surface area (Å²) in [7, 11) is 3.37. The summed E-state index contributed by atoms with van der Waals surface area (Å²) in [5.41, 5.74) is 1.18. The average Bonchev–Trinajstić information content (AvgIpc) is 3.21. The number of imidazole rings is 1. The number of alkyl halides is 3. The lowest BCUT2D eigenvalue weighted by atomic mass is 10.1. The van der Waals surface area contributed by atoms with E-state index in [9.17, 15) is 18.0 Å². The lowest BCUT2D eigenvalue weighted by Gasteiger charge is -2.17. The highest BCUT2D eigenvalue weighted by Crippen LogP contribution is 2.34. The van der Waals surface area contributed by atoms with E-state index in [0.29, 0.717) is 16.9 Å². The SMILES string of the molecule is CN(C)Cc1ccc(NC(=O)c2cncc(C#Cc3cnc4cccnn34)c2)cc1C(F)(F)F. The van der Waals surface area contributed by atoms with Crippen LogP contribution in [0.4, 0.5) is 18.9 Å². The van der Waals surface area contributed by atoms with Gasteiger partial charge in [0.05, 0.1) is 17.3 Å². The normalized spacial score (nSPS) is 11.4. The van der Waals surface area contributed by atoms with Gasteiger partial charge < -0.3 is 10.2 Å². The number of amides is 1. The number of hydrogen-bond acceptors (Lipinski definition) is 5. The first kappa shape index (κ1) is 22.9. The van der Waals surface area contributed by atoms with Crippen LogP contribution in [-0.4, -0.2) is 44.5 Å². The zero-order valence-electron chi connectivity index (χ0n) is 18.3. The third-order valence-electron chi connectivity index (χ3n) is 4.77. The van der Waals surface area contributed by atoms with E-state index in [-0.39, 0.29) is 23.4 Å². The highest BCUT2D eigenvalue weighted by Gasteiger charge is 2.33. The van der Waals surface area contributed by atoms with Crippen molar-refractivity contribution in [3.05, 3.63) is 89.1 Å². The van der Waals surface area contributed by atoms with Crippen molar-refractivity contribution in [2.24, 2.45) is 0 Å². The van der Waals surface area contributed by atoms with Crippen LogP contribution < -0.4 is 5.32 Å². The van der Waals surface area contributed by atoms with Gasteiger partial charge >= 0.3 is 6.18 Å². The van der Waals surface area contributed by atoms with E-state index in [1.165, 1.54) is 30.6 Å². The predicted molar refractivity (Wildman–Crippen MR) is 120 cm³/mol. The summed E-state index contributed by atoms with van der Waals surface area (Å²) in [6.45, 7) is 0.121. The highest BCUT2D eigenvalue weighted by molar-refractivity contribution is 6.04. The molecule has 0 saturated heterocycles. The summed E-state index contributed by atoms with van der Waals surface area (Å²) < 4.78 is 42.2. The first-order chi connectivity index (χ1) is 16.2. The van der Waals surface area contributed by atoms with Crippen LogP contribution in [0, 0.1) is 11.8 Å². The van der Waals surface area contributed by atoms with E-state index in [2.05, 4.69) is 32.2 Å². The second kappa shape index (κ2) is 9.33. The molecule has 7 nitrogen and oxygen atoms in total. The number of pyridine rings is 1. The van der Waals surface area contributed by atoms with Crippen LogP contribution in [-0.2, 0) is 12.7 Å². The average molecular weight is 464 g/mol. The number of halogens is 3. The van der Waals surface area contributed by atoms with Gasteiger partial charge in [-0.05, 0) is 55.9 Å². The van der Waals surface area contributed by atoms with Crippen molar-refractivity contribution in [1.29, 1.82) is 0 Å².